The van der Waals surface area contributed by atoms with Gasteiger partial charge in [-0.05, 0) is 72.2 Å². The Morgan fingerprint density at radius 3 is 1.55 bits per heavy atom. The van der Waals surface area contributed by atoms with Gasteiger partial charge in [0.2, 0.25) is 0 Å². The smallest absolute Gasteiger partial charge is 0.258 e. The van der Waals surface area contributed by atoms with E-state index in [1.54, 1.807) is 12.1 Å². The zero-order chi connectivity index (χ0) is 31.7. The van der Waals surface area contributed by atoms with E-state index in [1.807, 2.05) is 42.5 Å². The second kappa shape index (κ2) is 12.0. The molecule has 0 aliphatic heterocycles. The van der Waals surface area contributed by atoms with E-state index >= 15 is 0 Å². The molecule has 0 unspecified atom stereocenters. The Kier molecular flexibility index (Phi) is 7.26. The molecule has 0 atom stereocenters. The van der Waals surface area contributed by atoms with Crippen LogP contribution >= 0.6 is 0 Å². The molecule has 7 nitrogen and oxygen atoms in total. The third-order valence-electron chi connectivity index (χ3n) is 8.58. The highest BCUT2D eigenvalue weighted by atomic mass is 16.6. The second-order valence-corrected chi connectivity index (χ2v) is 11.7. The van der Waals surface area contributed by atoms with Gasteiger partial charge in [0.1, 0.15) is 0 Å². The number of aromatic nitrogens is 4. The molecule has 0 spiro atoms. The first-order chi connectivity index (χ1) is 23.1. The molecule has 2 heterocycles. The highest BCUT2D eigenvalue weighted by Crippen LogP contribution is 2.35. The molecule has 0 bridgehead atoms. The summed E-state index contributed by atoms with van der Waals surface area (Å²) in [5.41, 5.74) is 11.9. The monoisotopic (exact) mass is 611 g/mol. The van der Waals surface area contributed by atoms with Crippen molar-refractivity contribution < 1.29 is 4.92 Å². The topological polar surface area (TPSA) is 94.7 Å². The van der Waals surface area contributed by atoms with Gasteiger partial charge in [-0.3, -0.25) is 10.1 Å². The van der Waals surface area contributed by atoms with Crippen LogP contribution in [0.4, 0.5) is 5.69 Å². The second-order valence-electron chi connectivity index (χ2n) is 11.7. The average molecular weight is 612 g/mol. The fourth-order valence-electron chi connectivity index (χ4n) is 6.21. The van der Waals surface area contributed by atoms with E-state index in [-0.39, 0.29) is 10.6 Å². The van der Waals surface area contributed by atoms with Crippen molar-refractivity contribution in [3.63, 3.8) is 0 Å². The van der Waals surface area contributed by atoms with Crippen molar-refractivity contribution in [1.82, 2.24) is 19.9 Å². The van der Waals surface area contributed by atoms with Crippen LogP contribution in [-0.2, 0) is 0 Å². The van der Waals surface area contributed by atoms with Crippen molar-refractivity contribution in [2.45, 2.75) is 25.7 Å². The molecule has 0 saturated carbocycles. The van der Waals surface area contributed by atoms with Crippen LogP contribution in [0.3, 0.4) is 0 Å². The summed E-state index contributed by atoms with van der Waals surface area (Å²) in [6, 6.07) is 29.0. The van der Waals surface area contributed by atoms with Crippen molar-refractivity contribution in [3.8, 4) is 33.6 Å². The SMILES string of the molecule is O=[N+]([O-])c1cccc(-c2nc3cc(-c4ccc5nc(C6=CCCC=C6)c(-c6ccccc6)nc5c4)ccc3nc2C2=CCCC=C2)c1. The molecule has 2 aromatic heterocycles. The van der Waals surface area contributed by atoms with E-state index in [2.05, 4.69) is 66.8 Å². The molecule has 2 aliphatic rings. The molecule has 226 valence electrons. The van der Waals surface area contributed by atoms with Gasteiger partial charge in [0.25, 0.3) is 5.69 Å². The Hall–Kier alpha value is -6.08. The summed E-state index contributed by atoms with van der Waals surface area (Å²) in [7, 11) is 0. The number of rotatable bonds is 6. The van der Waals surface area contributed by atoms with E-state index in [1.165, 1.54) is 6.07 Å². The van der Waals surface area contributed by atoms with Crippen LogP contribution in [0.5, 0.6) is 0 Å². The Morgan fingerprint density at radius 2 is 1.02 bits per heavy atom. The zero-order valence-corrected chi connectivity index (χ0v) is 25.5. The lowest BCUT2D eigenvalue weighted by Crippen LogP contribution is -2.00. The summed E-state index contributed by atoms with van der Waals surface area (Å²) >= 11 is 0. The first-order valence-electron chi connectivity index (χ1n) is 15.8. The quantitative estimate of drug-likeness (QED) is 0.137. The van der Waals surface area contributed by atoms with Crippen molar-refractivity contribution in [2.75, 3.05) is 0 Å². The van der Waals surface area contributed by atoms with Crippen molar-refractivity contribution >= 4 is 38.9 Å². The summed E-state index contributed by atoms with van der Waals surface area (Å²) in [6.07, 6.45) is 16.8. The molecule has 8 rings (SSSR count). The molecule has 6 aromatic rings. The van der Waals surface area contributed by atoms with Gasteiger partial charge in [-0.25, -0.2) is 19.9 Å². The summed E-state index contributed by atoms with van der Waals surface area (Å²) in [6.45, 7) is 0. The van der Waals surface area contributed by atoms with Gasteiger partial charge in [0, 0.05) is 23.3 Å². The predicted octanol–water partition coefficient (Wildman–Crippen LogP) is 9.95. The molecule has 0 N–H and O–H groups in total. The lowest BCUT2D eigenvalue weighted by Gasteiger charge is -2.14. The number of hydrogen-bond donors (Lipinski definition) is 0. The minimum atomic E-state index is -0.382. The largest absolute Gasteiger partial charge is 0.270 e. The number of nitrogens with zero attached hydrogens (tertiary/aromatic N) is 5. The molecule has 0 saturated heterocycles. The van der Waals surface area contributed by atoms with Crippen LogP contribution in [0.25, 0.3) is 66.9 Å². The van der Waals surface area contributed by atoms with Crippen LogP contribution in [-0.4, -0.2) is 24.9 Å². The highest BCUT2D eigenvalue weighted by Gasteiger charge is 2.19. The number of nitro benzene ring substituents is 1. The van der Waals surface area contributed by atoms with Crippen molar-refractivity contribution in [3.05, 3.63) is 149 Å². The number of fused-ring (bicyclic) bond motifs is 2. The number of hydrogen-bond acceptors (Lipinski definition) is 6. The fourth-order valence-corrected chi connectivity index (χ4v) is 6.21. The molecule has 7 heteroatoms. The van der Waals surface area contributed by atoms with Crippen LogP contribution < -0.4 is 0 Å². The molecule has 0 radical (unpaired) electrons. The maximum absolute atomic E-state index is 11.6. The Bertz CT molecular complexity index is 2340. The minimum absolute atomic E-state index is 0.0170. The standard InChI is InChI=1S/C40H29N5O2/c46-45(47)32-18-10-17-31(23-32)40-39(28-15-8-3-9-16-28)42-34-22-20-30(25-36(34)44-40)29-19-21-33-35(24-29)43-38(27-13-6-2-7-14-27)37(41-33)26-11-4-1-5-12-26/h2,4,6-8,10-25H,1,3,5,9H2. The predicted molar refractivity (Wildman–Crippen MR) is 188 cm³/mol. The van der Waals surface area contributed by atoms with E-state index in [4.69, 9.17) is 19.9 Å². The molecular weight excluding hydrogens is 582 g/mol. The Labute approximate surface area is 271 Å². The van der Waals surface area contributed by atoms with E-state index in [0.29, 0.717) is 16.8 Å². The maximum Gasteiger partial charge on any atom is 0.270 e. The molecule has 47 heavy (non-hydrogen) atoms. The van der Waals surface area contributed by atoms with Gasteiger partial charge < -0.3 is 0 Å². The maximum atomic E-state index is 11.6. The summed E-state index contributed by atoms with van der Waals surface area (Å²) in [4.78, 5) is 31.7. The van der Waals surface area contributed by atoms with Gasteiger partial charge >= 0.3 is 0 Å². The molecule has 0 fully saturated rings. The number of non-ortho nitro benzene ring substituents is 1. The average Bonchev–Trinajstić information content (AvgIpc) is 3.14. The van der Waals surface area contributed by atoms with E-state index < -0.39 is 0 Å². The molecule has 0 amide bonds. The van der Waals surface area contributed by atoms with Gasteiger partial charge in [-0.1, -0.05) is 91.1 Å². The van der Waals surface area contributed by atoms with Crippen molar-refractivity contribution in [2.24, 2.45) is 0 Å². The van der Waals surface area contributed by atoms with Gasteiger partial charge in [0.15, 0.2) is 0 Å². The van der Waals surface area contributed by atoms with Crippen LogP contribution in [0, 0.1) is 10.1 Å². The lowest BCUT2D eigenvalue weighted by molar-refractivity contribution is -0.384. The third kappa shape index (κ3) is 5.53. The first kappa shape index (κ1) is 28.4. The number of benzene rings is 4. The number of allylic oxidation sites excluding steroid dienone is 8. The molecule has 4 aromatic carbocycles. The first-order valence-corrected chi connectivity index (χ1v) is 15.8. The van der Waals surface area contributed by atoms with Gasteiger partial charge in [0.05, 0.1) is 49.8 Å². The molecular formula is C40H29N5O2. The number of nitro groups is 1. The van der Waals surface area contributed by atoms with E-state index in [9.17, 15) is 10.1 Å². The fraction of sp³-hybridized carbons (Fsp3) is 0.100. The van der Waals surface area contributed by atoms with E-state index in [0.717, 1.165) is 87.2 Å². The summed E-state index contributed by atoms with van der Waals surface area (Å²) < 4.78 is 0. The molecule has 2 aliphatic carbocycles. The summed E-state index contributed by atoms with van der Waals surface area (Å²) in [5, 5.41) is 11.6. The normalized spacial score (nSPS) is 14.3. The highest BCUT2D eigenvalue weighted by molar-refractivity contribution is 5.92. The lowest BCUT2D eigenvalue weighted by atomic mass is 9.98. The summed E-state index contributed by atoms with van der Waals surface area (Å²) in [5.74, 6) is 0. The van der Waals surface area contributed by atoms with Crippen LogP contribution in [0.15, 0.2) is 127 Å². The Morgan fingerprint density at radius 1 is 0.489 bits per heavy atom. The van der Waals surface area contributed by atoms with Crippen LogP contribution in [0.2, 0.25) is 0 Å². The van der Waals surface area contributed by atoms with Crippen molar-refractivity contribution in [1.29, 1.82) is 0 Å². The zero-order valence-electron chi connectivity index (χ0n) is 25.5. The third-order valence-corrected chi connectivity index (χ3v) is 8.58. The van der Waals surface area contributed by atoms with Gasteiger partial charge in [-0.15, -0.1) is 0 Å². The Balaban J connectivity index is 1.26. The minimum Gasteiger partial charge on any atom is -0.258 e. The van der Waals surface area contributed by atoms with Gasteiger partial charge in [-0.2, -0.15) is 0 Å². The van der Waals surface area contributed by atoms with Crippen LogP contribution in [0.1, 0.15) is 37.1 Å².